The van der Waals surface area contributed by atoms with Crippen LogP contribution >= 0.6 is 0 Å². The van der Waals surface area contributed by atoms with Crippen LogP contribution in [-0.4, -0.2) is 21.6 Å². The summed E-state index contributed by atoms with van der Waals surface area (Å²) >= 11 is 0. The molecule has 0 aliphatic heterocycles. The third-order valence-corrected chi connectivity index (χ3v) is 3.40. The lowest BCUT2D eigenvalue weighted by Gasteiger charge is -2.09. The molecule has 0 unspecified atom stereocenters. The summed E-state index contributed by atoms with van der Waals surface area (Å²) in [6.07, 6.45) is 1.22. The highest BCUT2D eigenvalue weighted by molar-refractivity contribution is 5.84. The Kier molecular flexibility index (Phi) is 5.06. The van der Waals surface area contributed by atoms with Gasteiger partial charge in [-0.15, -0.1) is 0 Å². The Morgan fingerprint density at radius 1 is 1.46 bits per heavy atom. The molecule has 1 aromatic heterocycles. The van der Waals surface area contributed by atoms with Crippen LogP contribution in [-0.2, 0) is 4.79 Å². The molecule has 0 aliphatic rings. The van der Waals surface area contributed by atoms with Crippen molar-refractivity contribution in [2.24, 2.45) is 5.10 Å². The highest BCUT2D eigenvalue weighted by Crippen LogP contribution is 2.23. The minimum absolute atomic E-state index is 0.0129. The van der Waals surface area contributed by atoms with Crippen LogP contribution in [0.2, 0.25) is 0 Å². The summed E-state index contributed by atoms with van der Waals surface area (Å²) in [6, 6.07) is 9.93. The summed E-state index contributed by atoms with van der Waals surface area (Å²) in [6.45, 7) is 3.72. The first kappa shape index (κ1) is 16.9. The van der Waals surface area contributed by atoms with Gasteiger partial charge in [0.1, 0.15) is 6.42 Å². The van der Waals surface area contributed by atoms with Gasteiger partial charge in [-0.1, -0.05) is 6.07 Å². The molecule has 0 atom stereocenters. The minimum Gasteiger partial charge on any atom is -0.318 e. The zero-order valence-corrected chi connectivity index (χ0v) is 13.2. The smallest absolute Gasteiger partial charge is 0.271 e. The predicted molar refractivity (Wildman–Crippen MR) is 87.9 cm³/mol. The molecule has 0 saturated carbocycles. The molecule has 2 aromatic rings. The molecule has 1 N–H and O–H groups in total. The van der Waals surface area contributed by atoms with Crippen molar-refractivity contribution in [3.8, 4) is 11.8 Å². The third-order valence-electron chi connectivity index (χ3n) is 3.40. The SMILES string of the molecule is Cc1cc(/C=N\NC(=O)CC#N)c(C)n1-c1cccc([N+](=O)[O-])c1. The van der Waals surface area contributed by atoms with E-state index in [4.69, 9.17) is 5.26 Å². The van der Waals surface area contributed by atoms with Crippen LogP contribution in [0.4, 0.5) is 5.69 Å². The molecule has 0 radical (unpaired) electrons. The van der Waals surface area contributed by atoms with Gasteiger partial charge in [-0.25, -0.2) is 5.43 Å². The number of rotatable bonds is 5. The second-order valence-electron chi connectivity index (χ2n) is 5.07. The van der Waals surface area contributed by atoms with E-state index < -0.39 is 10.8 Å². The summed E-state index contributed by atoms with van der Waals surface area (Å²) in [5.41, 5.74) is 5.41. The van der Waals surface area contributed by atoms with Crippen LogP contribution in [0, 0.1) is 35.3 Å². The summed E-state index contributed by atoms with van der Waals surface area (Å²) < 4.78 is 1.87. The van der Waals surface area contributed by atoms with Gasteiger partial charge in [0, 0.05) is 29.1 Å². The van der Waals surface area contributed by atoms with Gasteiger partial charge in [-0.05, 0) is 26.0 Å². The number of carbonyl (C=O) groups excluding carboxylic acids is 1. The molecule has 2 rings (SSSR count). The van der Waals surface area contributed by atoms with Crippen molar-refractivity contribution in [2.45, 2.75) is 20.3 Å². The van der Waals surface area contributed by atoms with E-state index in [1.165, 1.54) is 18.3 Å². The average Bonchev–Trinajstić information content (AvgIpc) is 2.82. The largest absolute Gasteiger partial charge is 0.318 e. The summed E-state index contributed by atoms with van der Waals surface area (Å²) in [7, 11) is 0. The molecule has 1 aromatic carbocycles. The molecular formula is C16H15N5O3. The van der Waals surface area contributed by atoms with Gasteiger partial charge >= 0.3 is 0 Å². The number of non-ortho nitro benzene ring substituents is 1. The van der Waals surface area contributed by atoms with Gasteiger partial charge in [-0.3, -0.25) is 14.9 Å². The molecule has 8 heteroatoms. The van der Waals surface area contributed by atoms with Crippen molar-refractivity contribution in [1.82, 2.24) is 9.99 Å². The fourth-order valence-corrected chi connectivity index (χ4v) is 2.35. The molecule has 8 nitrogen and oxygen atoms in total. The first-order chi connectivity index (χ1) is 11.4. The van der Waals surface area contributed by atoms with Crippen LogP contribution in [0.5, 0.6) is 0 Å². The molecular weight excluding hydrogens is 310 g/mol. The number of hydrazone groups is 1. The molecule has 1 amide bonds. The fourth-order valence-electron chi connectivity index (χ4n) is 2.35. The van der Waals surface area contributed by atoms with Crippen molar-refractivity contribution in [3.63, 3.8) is 0 Å². The number of hydrogen-bond donors (Lipinski definition) is 1. The molecule has 0 fully saturated rings. The van der Waals surface area contributed by atoms with Crippen molar-refractivity contribution in [2.75, 3.05) is 0 Å². The fraction of sp³-hybridized carbons (Fsp3) is 0.188. The Balaban J connectivity index is 2.31. The zero-order valence-electron chi connectivity index (χ0n) is 13.2. The van der Waals surface area contributed by atoms with Gasteiger partial charge in [0.2, 0.25) is 0 Å². The Labute approximate surface area is 138 Å². The van der Waals surface area contributed by atoms with E-state index in [1.54, 1.807) is 18.2 Å². The maximum Gasteiger partial charge on any atom is 0.271 e. The van der Waals surface area contributed by atoms with Gasteiger partial charge in [0.15, 0.2) is 0 Å². The van der Waals surface area contributed by atoms with Crippen LogP contribution in [0.15, 0.2) is 35.4 Å². The van der Waals surface area contributed by atoms with E-state index in [-0.39, 0.29) is 12.1 Å². The molecule has 122 valence electrons. The number of amides is 1. The number of carbonyl (C=O) groups is 1. The summed E-state index contributed by atoms with van der Waals surface area (Å²) in [5.74, 6) is -0.485. The number of nitrogens with one attached hydrogen (secondary N) is 1. The van der Waals surface area contributed by atoms with E-state index >= 15 is 0 Å². The van der Waals surface area contributed by atoms with E-state index in [1.807, 2.05) is 24.5 Å². The summed E-state index contributed by atoms with van der Waals surface area (Å²) in [5, 5.41) is 23.2. The Morgan fingerprint density at radius 2 is 2.21 bits per heavy atom. The van der Waals surface area contributed by atoms with Gasteiger partial charge in [0.25, 0.3) is 11.6 Å². The zero-order chi connectivity index (χ0) is 17.7. The van der Waals surface area contributed by atoms with E-state index in [2.05, 4.69) is 10.5 Å². The normalized spacial score (nSPS) is 10.5. The monoisotopic (exact) mass is 325 g/mol. The molecule has 1 heterocycles. The van der Waals surface area contributed by atoms with Crippen LogP contribution in [0.3, 0.4) is 0 Å². The predicted octanol–water partition coefficient (Wildman–Crippen LogP) is 2.37. The Bertz CT molecular complexity index is 861. The Hall–Kier alpha value is -3.47. The molecule has 0 saturated heterocycles. The standard InChI is InChI=1S/C16H15N5O3/c1-11-8-13(10-18-19-16(22)6-7-17)12(2)20(11)14-4-3-5-15(9-14)21(23)24/h3-5,8-10H,6H2,1-2H3,(H,19,22)/b18-10-. The quantitative estimate of drug-likeness (QED) is 0.516. The first-order valence-electron chi connectivity index (χ1n) is 7.06. The highest BCUT2D eigenvalue weighted by atomic mass is 16.6. The lowest BCUT2D eigenvalue weighted by Crippen LogP contribution is -2.16. The molecule has 0 aliphatic carbocycles. The molecule has 24 heavy (non-hydrogen) atoms. The lowest BCUT2D eigenvalue weighted by atomic mass is 10.2. The number of nitriles is 1. The number of aryl methyl sites for hydroxylation is 1. The molecule has 0 bridgehead atoms. The van der Waals surface area contributed by atoms with Crippen molar-refractivity contribution in [1.29, 1.82) is 5.26 Å². The van der Waals surface area contributed by atoms with Crippen LogP contribution in [0.25, 0.3) is 5.69 Å². The minimum atomic E-state index is -0.485. The second-order valence-corrected chi connectivity index (χ2v) is 5.07. The summed E-state index contributed by atoms with van der Waals surface area (Å²) in [4.78, 5) is 21.7. The van der Waals surface area contributed by atoms with Crippen molar-refractivity contribution >= 4 is 17.8 Å². The van der Waals surface area contributed by atoms with E-state index in [0.29, 0.717) is 5.69 Å². The third kappa shape index (κ3) is 3.64. The Morgan fingerprint density at radius 3 is 2.88 bits per heavy atom. The van der Waals surface area contributed by atoms with E-state index in [0.717, 1.165) is 17.0 Å². The van der Waals surface area contributed by atoms with Crippen LogP contribution in [0.1, 0.15) is 23.4 Å². The second kappa shape index (κ2) is 7.19. The maximum absolute atomic E-state index is 11.2. The number of nitro groups is 1. The number of benzene rings is 1. The van der Waals surface area contributed by atoms with Crippen molar-refractivity contribution in [3.05, 3.63) is 57.4 Å². The number of nitrogens with zero attached hydrogens (tertiary/aromatic N) is 4. The van der Waals surface area contributed by atoms with Crippen LogP contribution < -0.4 is 5.43 Å². The number of aromatic nitrogens is 1. The van der Waals surface area contributed by atoms with Gasteiger partial charge < -0.3 is 4.57 Å². The van der Waals surface area contributed by atoms with Gasteiger partial charge in [0.05, 0.1) is 22.9 Å². The van der Waals surface area contributed by atoms with E-state index in [9.17, 15) is 14.9 Å². The lowest BCUT2D eigenvalue weighted by molar-refractivity contribution is -0.384. The number of hydrogen-bond acceptors (Lipinski definition) is 5. The van der Waals surface area contributed by atoms with Crippen molar-refractivity contribution < 1.29 is 9.72 Å². The number of nitro benzene ring substituents is 1. The molecule has 0 spiro atoms. The first-order valence-corrected chi connectivity index (χ1v) is 7.06. The maximum atomic E-state index is 11.2. The van der Waals surface area contributed by atoms with Gasteiger partial charge in [-0.2, -0.15) is 10.4 Å². The highest BCUT2D eigenvalue weighted by Gasteiger charge is 2.12. The average molecular weight is 325 g/mol. The topological polar surface area (TPSA) is 113 Å².